The maximum Gasteiger partial charge on any atom is 0.338 e. The van der Waals surface area contributed by atoms with Crippen LogP contribution in [0.25, 0.3) is 10.9 Å². The molecule has 168 valence electrons. The van der Waals surface area contributed by atoms with E-state index in [0.717, 1.165) is 0 Å². The van der Waals surface area contributed by atoms with Gasteiger partial charge in [-0.05, 0) is 67.9 Å². The molecule has 32 heavy (non-hydrogen) atoms. The molecule has 0 radical (unpaired) electrons. The summed E-state index contributed by atoms with van der Waals surface area (Å²) in [5.41, 5.74) is 6.61. The molecule has 0 saturated heterocycles. The number of hydrogen-bond acceptors (Lipinski definition) is 6. The van der Waals surface area contributed by atoms with Crippen molar-refractivity contribution in [2.45, 2.75) is 39.9 Å². The lowest BCUT2D eigenvalue weighted by Crippen LogP contribution is -2.15. The first-order valence-electron chi connectivity index (χ1n) is 9.93. The fourth-order valence-corrected chi connectivity index (χ4v) is 3.40. The number of amides is 1. The summed E-state index contributed by atoms with van der Waals surface area (Å²) in [5, 5.41) is 3.45. The minimum atomic E-state index is -0.737. The average molecular weight is 504 g/mol. The van der Waals surface area contributed by atoms with Crippen molar-refractivity contribution in [1.29, 1.82) is 0 Å². The topological polar surface area (TPSA) is 104 Å². The zero-order valence-corrected chi connectivity index (χ0v) is 19.6. The summed E-state index contributed by atoms with van der Waals surface area (Å²) < 4.78 is 25.9. The number of anilines is 2. The Hall–Kier alpha value is -3.20. The van der Waals surface area contributed by atoms with Crippen molar-refractivity contribution in [2.75, 3.05) is 5.32 Å². The molecule has 0 bridgehead atoms. The summed E-state index contributed by atoms with van der Waals surface area (Å²) in [6.07, 6.45) is 0.763. The van der Waals surface area contributed by atoms with Crippen molar-refractivity contribution in [3.63, 3.8) is 0 Å². The molecule has 1 aromatic heterocycles. The first-order valence-corrected chi connectivity index (χ1v) is 10.7. The lowest BCUT2D eigenvalue weighted by Gasteiger charge is -2.17. The van der Waals surface area contributed by atoms with Crippen LogP contribution in [0.4, 0.5) is 15.8 Å². The molecule has 0 saturated carbocycles. The SMILES string of the molecule is CC(C)OC(=O)c1cc(Nc2c(C(N)=O)cnc3c(F)c(Br)ccc23)cc(OC(C)C)c1. The van der Waals surface area contributed by atoms with E-state index in [2.05, 4.69) is 26.2 Å². The van der Waals surface area contributed by atoms with Gasteiger partial charge in [0.15, 0.2) is 5.82 Å². The van der Waals surface area contributed by atoms with Gasteiger partial charge in [-0.2, -0.15) is 0 Å². The number of fused-ring (bicyclic) bond motifs is 1. The fraction of sp³-hybridized carbons (Fsp3) is 0.261. The second kappa shape index (κ2) is 9.52. The third-order valence-electron chi connectivity index (χ3n) is 4.32. The van der Waals surface area contributed by atoms with Crippen molar-refractivity contribution in [3.05, 3.63) is 57.9 Å². The Morgan fingerprint density at radius 2 is 1.84 bits per heavy atom. The Labute approximate surface area is 193 Å². The largest absolute Gasteiger partial charge is 0.491 e. The van der Waals surface area contributed by atoms with Crippen LogP contribution < -0.4 is 15.8 Å². The van der Waals surface area contributed by atoms with Gasteiger partial charge in [0.25, 0.3) is 5.91 Å². The number of aromatic nitrogens is 1. The van der Waals surface area contributed by atoms with Gasteiger partial charge in [0, 0.05) is 23.3 Å². The smallest absolute Gasteiger partial charge is 0.338 e. The Kier molecular flexibility index (Phi) is 6.98. The minimum absolute atomic E-state index is 0.0564. The third kappa shape index (κ3) is 5.16. The molecule has 0 aliphatic heterocycles. The maximum absolute atomic E-state index is 14.6. The van der Waals surface area contributed by atoms with Crippen LogP contribution in [0.1, 0.15) is 48.4 Å². The first-order chi connectivity index (χ1) is 15.1. The van der Waals surface area contributed by atoms with Crippen LogP contribution in [0.15, 0.2) is 41.0 Å². The zero-order chi connectivity index (χ0) is 23.6. The molecule has 3 rings (SSSR count). The van der Waals surface area contributed by atoms with Crippen LogP contribution in [0, 0.1) is 5.82 Å². The molecule has 9 heteroatoms. The molecule has 0 spiro atoms. The van der Waals surface area contributed by atoms with E-state index in [1.165, 1.54) is 12.3 Å². The summed E-state index contributed by atoms with van der Waals surface area (Å²) >= 11 is 3.14. The molecule has 2 aromatic carbocycles. The molecule has 1 amide bonds. The van der Waals surface area contributed by atoms with Gasteiger partial charge < -0.3 is 20.5 Å². The third-order valence-corrected chi connectivity index (χ3v) is 4.93. The van der Waals surface area contributed by atoms with Gasteiger partial charge in [-0.1, -0.05) is 0 Å². The molecule has 0 atom stereocenters. The number of nitrogens with one attached hydrogen (secondary N) is 1. The summed E-state index contributed by atoms with van der Waals surface area (Å²) in [6, 6.07) is 7.93. The molecule has 3 aromatic rings. The highest BCUT2D eigenvalue weighted by atomic mass is 79.9. The van der Waals surface area contributed by atoms with Gasteiger partial charge in [-0.15, -0.1) is 0 Å². The van der Waals surface area contributed by atoms with Crippen molar-refractivity contribution in [1.82, 2.24) is 4.98 Å². The van der Waals surface area contributed by atoms with Crippen molar-refractivity contribution in [2.24, 2.45) is 5.73 Å². The number of halogens is 2. The van der Waals surface area contributed by atoms with Crippen molar-refractivity contribution < 1.29 is 23.5 Å². The number of nitrogens with zero attached hydrogens (tertiary/aromatic N) is 1. The Morgan fingerprint density at radius 3 is 2.47 bits per heavy atom. The molecule has 0 fully saturated rings. The molecule has 1 heterocycles. The maximum atomic E-state index is 14.6. The van der Waals surface area contributed by atoms with Crippen LogP contribution in [0.5, 0.6) is 5.75 Å². The van der Waals surface area contributed by atoms with E-state index in [1.807, 2.05) is 13.8 Å². The van der Waals surface area contributed by atoms with Crippen LogP contribution >= 0.6 is 15.9 Å². The van der Waals surface area contributed by atoms with Gasteiger partial charge in [-0.25, -0.2) is 9.18 Å². The van der Waals surface area contributed by atoms with E-state index in [0.29, 0.717) is 16.8 Å². The number of benzene rings is 2. The van der Waals surface area contributed by atoms with Crippen LogP contribution in [-0.2, 0) is 4.74 Å². The van der Waals surface area contributed by atoms with E-state index < -0.39 is 17.7 Å². The van der Waals surface area contributed by atoms with Gasteiger partial charge >= 0.3 is 5.97 Å². The zero-order valence-electron chi connectivity index (χ0n) is 18.0. The minimum Gasteiger partial charge on any atom is -0.491 e. The highest BCUT2D eigenvalue weighted by Gasteiger charge is 2.19. The number of ether oxygens (including phenoxy) is 2. The predicted molar refractivity (Wildman–Crippen MR) is 124 cm³/mol. The highest BCUT2D eigenvalue weighted by Crippen LogP contribution is 2.34. The molecular weight excluding hydrogens is 481 g/mol. The Morgan fingerprint density at radius 1 is 1.12 bits per heavy atom. The van der Waals surface area contributed by atoms with E-state index >= 15 is 0 Å². The van der Waals surface area contributed by atoms with Crippen LogP contribution in [0.3, 0.4) is 0 Å². The Bertz CT molecular complexity index is 1200. The number of esters is 1. The normalized spacial score (nSPS) is 11.1. The summed E-state index contributed by atoms with van der Waals surface area (Å²) in [7, 11) is 0. The summed E-state index contributed by atoms with van der Waals surface area (Å²) in [4.78, 5) is 28.6. The number of nitrogens with two attached hydrogens (primary N) is 1. The number of primary amides is 1. The average Bonchev–Trinajstić information content (AvgIpc) is 2.69. The first kappa shape index (κ1) is 23.5. The monoisotopic (exact) mass is 503 g/mol. The fourth-order valence-electron chi connectivity index (χ4n) is 3.08. The van der Waals surface area contributed by atoms with E-state index in [4.69, 9.17) is 15.2 Å². The Balaban J connectivity index is 2.16. The van der Waals surface area contributed by atoms with Gasteiger partial charge in [0.2, 0.25) is 0 Å². The summed E-state index contributed by atoms with van der Waals surface area (Å²) in [6.45, 7) is 7.21. The highest BCUT2D eigenvalue weighted by molar-refractivity contribution is 9.10. The lowest BCUT2D eigenvalue weighted by molar-refractivity contribution is 0.0377. The number of carbonyl (C=O) groups excluding carboxylic acids is 2. The molecule has 0 unspecified atom stereocenters. The second-order valence-electron chi connectivity index (χ2n) is 7.66. The van der Waals surface area contributed by atoms with E-state index in [-0.39, 0.29) is 39.0 Å². The van der Waals surface area contributed by atoms with E-state index in [9.17, 15) is 14.0 Å². The quantitative estimate of drug-likeness (QED) is 0.422. The molecule has 3 N–H and O–H groups in total. The van der Waals surface area contributed by atoms with Gasteiger partial charge in [0.05, 0.1) is 33.5 Å². The molecule has 0 aliphatic carbocycles. The number of hydrogen-bond donors (Lipinski definition) is 2. The van der Waals surface area contributed by atoms with Crippen molar-refractivity contribution >= 4 is 50.1 Å². The predicted octanol–water partition coefficient (Wildman–Crippen LogP) is 5.33. The van der Waals surface area contributed by atoms with Crippen LogP contribution in [-0.4, -0.2) is 29.1 Å². The molecule has 0 aliphatic rings. The lowest BCUT2D eigenvalue weighted by atomic mass is 10.1. The number of pyridine rings is 1. The standard InChI is InChI=1S/C23H23BrFN3O4/c1-11(2)31-15-8-13(23(30)32-12(3)4)7-14(9-15)28-20-16-5-6-18(24)19(25)21(16)27-10-17(20)22(26)29/h5-12H,1-4H3,(H2,26,29)(H,27,28). The van der Waals surface area contributed by atoms with E-state index in [1.54, 1.807) is 38.1 Å². The van der Waals surface area contributed by atoms with Gasteiger partial charge in [-0.3, -0.25) is 9.78 Å². The number of carbonyl (C=O) groups is 2. The van der Waals surface area contributed by atoms with Crippen molar-refractivity contribution in [3.8, 4) is 5.75 Å². The molecular formula is C23H23BrFN3O4. The summed E-state index contributed by atoms with van der Waals surface area (Å²) in [5.74, 6) is -1.41. The van der Waals surface area contributed by atoms with Gasteiger partial charge in [0.1, 0.15) is 11.3 Å². The second-order valence-corrected chi connectivity index (χ2v) is 8.51. The van der Waals surface area contributed by atoms with Crippen LogP contribution in [0.2, 0.25) is 0 Å². The molecule has 7 nitrogen and oxygen atoms in total. The number of rotatable bonds is 7.